The lowest BCUT2D eigenvalue weighted by atomic mass is 10.1. The van der Waals surface area contributed by atoms with Gasteiger partial charge in [0.15, 0.2) is 5.76 Å². The van der Waals surface area contributed by atoms with Crippen LogP contribution in [0, 0.1) is 10.1 Å². The van der Waals surface area contributed by atoms with E-state index >= 15 is 0 Å². The molecule has 0 saturated carbocycles. The summed E-state index contributed by atoms with van der Waals surface area (Å²) >= 11 is 0. The molecule has 1 heterocycles. The molecule has 1 amide bonds. The van der Waals surface area contributed by atoms with Gasteiger partial charge in [0.2, 0.25) is 0 Å². The molecule has 0 fully saturated rings. The molecule has 2 aromatic rings. The average Bonchev–Trinajstić information content (AvgIpc) is 2.98. The van der Waals surface area contributed by atoms with E-state index in [4.69, 9.17) is 4.52 Å². The highest BCUT2D eigenvalue weighted by atomic mass is 16.6. The number of hydrogen-bond donors (Lipinski definition) is 2. The molecule has 0 unspecified atom stereocenters. The number of carbonyl (C=O) groups excluding carboxylic acids is 1. The van der Waals surface area contributed by atoms with Gasteiger partial charge in [0, 0.05) is 12.6 Å². The molecule has 8 nitrogen and oxygen atoms in total. The van der Waals surface area contributed by atoms with Crippen molar-refractivity contribution in [2.24, 2.45) is 0 Å². The summed E-state index contributed by atoms with van der Waals surface area (Å²) in [6, 6.07) is 6.17. The second kappa shape index (κ2) is 6.51. The van der Waals surface area contributed by atoms with Crippen molar-refractivity contribution in [2.75, 3.05) is 11.9 Å². The standard InChI is InChI=1S/C13H14N4O4/c1-2-14-11-5-3-4-10(12(11)17(19)20)13(18)15-8-9-6-7-16-21-9/h3-7,14H,2,8H2,1H3,(H,15,18). The Morgan fingerprint density at radius 3 is 2.86 bits per heavy atom. The van der Waals surface area contributed by atoms with Crippen molar-refractivity contribution in [3.8, 4) is 0 Å². The lowest BCUT2D eigenvalue weighted by Gasteiger charge is -2.08. The first-order chi connectivity index (χ1) is 10.1. The number of hydrogen-bond acceptors (Lipinski definition) is 6. The Kier molecular flexibility index (Phi) is 4.50. The van der Waals surface area contributed by atoms with Gasteiger partial charge in [0.1, 0.15) is 11.3 Å². The van der Waals surface area contributed by atoms with Crippen LogP contribution in [0.4, 0.5) is 11.4 Å². The van der Waals surface area contributed by atoms with Crippen molar-refractivity contribution in [3.05, 3.63) is 51.9 Å². The number of benzene rings is 1. The first-order valence-corrected chi connectivity index (χ1v) is 6.32. The molecule has 1 aromatic heterocycles. The lowest BCUT2D eigenvalue weighted by molar-refractivity contribution is -0.384. The maximum absolute atomic E-state index is 12.1. The van der Waals surface area contributed by atoms with Gasteiger partial charge in [-0.1, -0.05) is 11.2 Å². The normalized spacial score (nSPS) is 10.1. The van der Waals surface area contributed by atoms with E-state index in [0.29, 0.717) is 18.0 Å². The third kappa shape index (κ3) is 3.35. The molecule has 1 aromatic carbocycles. The number of carbonyl (C=O) groups is 1. The van der Waals surface area contributed by atoms with E-state index in [1.54, 1.807) is 18.2 Å². The Morgan fingerprint density at radius 1 is 1.43 bits per heavy atom. The first kappa shape index (κ1) is 14.5. The second-order valence-corrected chi connectivity index (χ2v) is 4.15. The maximum Gasteiger partial charge on any atom is 0.305 e. The number of nitro groups is 1. The quantitative estimate of drug-likeness (QED) is 0.621. The molecule has 0 bridgehead atoms. The van der Waals surface area contributed by atoms with E-state index < -0.39 is 10.8 Å². The van der Waals surface area contributed by atoms with Gasteiger partial charge >= 0.3 is 5.69 Å². The van der Waals surface area contributed by atoms with Crippen molar-refractivity contribution in [2.45, 2.75) is 13.5 Å². The number of nitro benzene ring substituents is 1. The Balaban J connectivity index is 2.23. The third-order valence-electron chi connectivity index (χ3n) is 2.74. The highest BCUT2D eigenvalue weighted by Gasteiger charge is 2.24. The molecule has 2 rings (SSSR count). The van der Waals surface area contributed by atoms with Gasteiger partial charge in [-0.05, 0) is 19.1 Å². The van der Waals surface area contributed by atoms with Crippen molar-refractivity contribution in [3.63, 3.8) is 0 Å². The molecule has 8 heteroatoms. The van der Waals surface area contributed by atoms with E-state index in [-0.39, 0.29) is 17.8 Å². The summed E-state index contributed by atoms with van der Waals surface area (Å²) in [5, 5.41) is 20.2. The number of nitrogens with zero attached hydrogens (tertiary/aromatic N) is 2. The van der Waals surface area contributed by atoms with E-state index in [9.17, 15) is 14.9 Å². The Morgan fingerprint density at radius 2 is 2.24 bits per heavy atom. The van der Waals surface area contributed by atoms with Crippen molar-refractivity contribution in [1.29, 1.82) is 0 Å². The number of rotatable bonds is 6. The van der Waals surface area contributed by atoms with Gasteiger partial charge in [-0.2, -0.15) is 0 Å². The molecule has 110 valence electrons. The summed E-state index contributed by atoms with van der Waals surface area (Å²) in [5.41, 5.74) is 0.0715. The Labute approximate surface area is 120 Å². The summed E-state index contributed by atoms with van der Waals surface area (Å²) in [5.74, 6) is -0.0771. The summed E-state index contributed by atoms with van der Waals surface area (Å²) in [4.78, 5) is 22.8. The molecule has 0 aliphatic rings. The fourth-order valence-electron chi connectivity index (χ4n) is 1.85. The second-order valence-electron chi connectivity index (χ2n) is 4.15. The Hall–Kier alpha value is -2.90. The largest absolute Gasteiger partial charge is 0.380 e. The van der Waals surface area contributed by atoms with Crippen LogP contribution < -0.4 is 10.6 Å². The molecule has 0 atom stereocenters. The summed E-state index contributed by atoms with van der Waals surface area (Å²) in [6.07, 6.45) is 1.45. The molecule has 0 aliphatic heterocycles. The molecule has 0 radical (unpaired) electrons. The van der Waals surface area contributed by atoms with Crippen LogP contribution in [0.2, 0.25) is 0 Å². The van der Waals surface area contributed by atoms with Crippen LogP contribution in [-0.4, -0.2) is 22.5 Å². The highest BCUT2D eigenvalue weighted by Crippen LogP contribution is 2.28. The number of amides is 1. The number of para-hydroxylation sites is 1. The van der Waals surface area contributed by atoms with Crippen LogP contribution in [0.1, 0.15) is 23.0 Å². The maximum atomic E-state index is 12.1. The van der Waals surface area contributed by atoms with Gasteiger partial charge in [0.25, 0.3) is 5.91 Å². The summed E-state index contributed by atoms with van der Waals surface area (Å²) < 4.78 is 4.85. The van der Waals surface area contributed by atoms with Gasteiger partial charge in [0.05, 0.1) is 17.7 Å². The number of anilines is 1. The average molecular weight is 290 g/mol. The van der Waals surface area contributed by atoms with E-state index in [0.717, 1.165) is 0 Å². The van der Waals surface area contributed by atoms with Crippen LogP contribution in [-0.2, 0) is 6.54 Å². The van der Waals surface area contributed by atoms with Gasteiger partial charge < -0.3 is 15.2 Å². The molecule has 0 saturated heterocycles. The zero-order chi connectivity index (χ0) is 15.2. The van der Waals surface area contributed by atoms with Crippen molar-refractivity contribution >= 4 is 17.3 Å². The fraction of sp³-hybridized carbons (Fsp3) is 0.231. The van der Waals surface area contributed by atoms with Crippen LogP contribution in [0.3, 0.4) is 0 Å². The summed E-state index contributed by atoms with van der Waals surface area (Å²) in [6.45, 7) is 2.45. The van der Waals surface area contributed by atoms with Gasteiger partial charge in [-0.15, -0.1) is 0 Å². The smallest absolute Gasteiger partial charge is 0.305 e. The number of aromatic nitrogens is 1. The topological polar surface area (TPSA) is 110 Å². The third-order valence-corrected chi connectivity index (χ3v) is 2.74. The predicted molar refractivity (Wildman–Crippen MR) is 74.9 cm³/mol. The fourth-order valence-corrected chi connectivity index (χ4v) is 1.85. The molecule has 0 aliphatic carbocycles. The summed E-state index contributed by atoms with van der Waals surface area (Å²) in [7, 11) is 0. The number of nitrogens with one attached hydrogen (secondary N) is 2. The van der Waals surface area contributed by atoms with Crippen LogP contribution in [0.5, 0.6) is 0 Å². The SMILES string of the molecule is CCNc1cccc(C(=O)NCc2ccno2)c1[N+](=O)[O-]. The van der Waals surface area contributed by atoms with Crippen molar-refractivity contribution < 1.29 is 14.2 Å². The molecular formula is C13H14N4O4. The first-order valence-electron chi connectivity index (χ1n) is 6.32. The zero-order valence-corrected chi connectivity index (χ0v) is 11.3. The van der Waals surface area contributed by atoms with Crippen LogP contribution >= 0.6 is 0 Å². The molecular weight excluding hydrogens is 276 g/mol. The lowest BCUT2D eigenvalue weighted by Crippen LogP contribution is -2.23. The molecule has 21 heavy (non-hydrogen) atoms. The van der Waals surface area contributed by atoms with E-state index in [1.807, 2.05) is 6.92 Å². The molecule has 0 spiro atoms. The van der Waals surface area contributed by atoms with Gasteiger partial charge in [-0.3, -0.25) is 14.9 Å². The van der Waals surface area contributed by atoms with Crippen molar-refractivity contribution in [1.82, 2.24) is 10.5 Å². The highest BCUT2D eigenvalue weighted by molar-refractivity contribution is 6.00. The Bertz CT molecular complexity index is 640. The van der Waals surface area contributed by atoms with Crippen LogP contribution in [0.25, 0.3) is 0 Å². The van der Waals surface area contributed by atoms with Gasteiger partial charge in [-0.25, -0.2) is 0 Å². The van der Waals surface area contributed by atoms with E-state index in [1.165, 1.54) is 12.3 Å². The monoisotopic (exact) mass is 290 g/mol. The predicted octanol–water partition coefficient (Wildman–Crippen LogP) is 1.94. The minimum absolute atomic E-state index is 0.00188. The zero-order valence-electron chi connectivity index (χ0n) is 11.3. The van der Waals surface area contributed by atoms with Crippen LogP contribution in [0.15, 0.2) is 35.0 Å². The minimum Gasteiger partial charge on any atom is -0.380 e. The minimum atomic E-state index is -0.568. The van der Waals surface area contributed by atoms with E-state index in [2.05, 4.69) is 15.8 Å². The molecule has 2 N–H and O–H groups in total.